The summed E-state index contributed by atoms with van der Waals surface area (Å²) in [7, 11) is 1.38. The molecule has 0 spiro atoms. The number of hydrogen-bond acceptors (Lipinski definition) is 3. The Labute approximate surface area is 93.9 Å². The van der Waals surface area contributed by atoms with Crippen LogP contribution in [0, 0.1) is 0 Å². The van der Waals surface area contributed by atoms with Crippen LogP contribution in [-0.4, -0.2) is 13.1 Å². The molecule has 1 atom stereocenters. The maximum absolute atomic E-state index is 11.0. The van der Waals surface area contributed by atoms with Gasteiger partial charge in [-0.1, -0.05) is 18.2 Å². The standard InChI is InChI=1S/C12H14O2S/c1-3-5-10(7-8-12(13)14-2)11-6-4-9-15-11/h3-4,6-10H,1,5H2,2H3/b8-7+/t10-/m1/s1. The van der Waals surface area contributed by atoms with Gasteiger partial charge in [0.25, 0.3) is 0 Å². The number of carbonyl (C=O) groups excluding carboxylic acids is 1. The summed E-state index contributed by atoms with van der Waals surface area (Å²) in [4.78, 5) is 12.2. The van der Waals surface area contributed by atoms with Gasteiger partial charge in [0.2, 0.25) is 0 Å². The van der Waals surface area contributed by atoms with Gasteiger partial charge in [-0.2, -0.15) is 0 Å². The molecule has 0 bridgehead atoms. The van der Waals surface area contributed by atoms with E-state index in [1.165, 1.54) is 18.1 Å². The van der Waals surface area contributed by atoms with E-state index in [1.807, 2.05) is 23.6 Å². The van der Waals surface area contributed by atoms with E-state index in [-0.39, 0.29) is 11.9 Å². The Hall–Kier alpha value is -1.35. The first-order chi connectivity index (χ1) is 7.27. The zero-order chi connectivity index (χ0) is 11.1. The number of rotatable bonds is 5. The van der Waals surface area contributed by atoms with E-state index in [9.17, 15) is 4.79 Å². The quantitative estimate of drug-likeness (QED) is 0.434. The monoisotopic (exact) mass is 222 g/mol. The third-order valence-corrected chi connectivity index (χ3v) is 3.00. The van der Waals surface area contributed by atoms with Gasteiger partial charge >= 0.3 is 5.97 Å². The molecule has 0 amide bonds. The van der Waals surface area contributed by atoms with Crippen LogP contribution in [0.1, 0.15) is 17.2 Å². The maximum Gasteiger partial charge on any atom is 0.330 e. The summed E-state index contributed by atoms with van der Waals surface area (Å²) in [6.07, 6.45) is 6.01. The Kier molecular flexibility index (Phi) is 4.84. The lowest BCUT2D eigenvalue weighted by atomic mass is 10.0. The van der Waals surface area contributed by atoms with Gasteiger partial charge < -0.3 is 4.74 Å². The smallest absolute Gasteiger partial charge is 0.330 e. The largest absolute Gasteiger partial charge is 0.466 e. The van der Waals surface area contributed by atoms with Gasteiger partial charge in [-0.25, -0.2) is 4.79 Å². The molecule has 2 nitrogen and oxygen atoms in total. The summed E-state index contributed by atoms with van der Waals surface area (Å²) < 4.78 is 4.55. The first kappa shape index (κ1) is 11.7. The van der Waals surface area contributed by atoms with Gasteiger partial charge in [-0.15, -0.1) is 17.9 Å². The van der Waals surface area contributed by atoms with Crippen molar-refractivity contribution >= 4 is 17.3 Å². The van der Waals surface area contributed by atoms with E-state index in [4.69, 9.17) is 0 Å². The Balaban J connectivity index is 2.71. The van der Waals surface area contributed by atoms with Crippen LogP contribution in [0.15, 0.2) is 42.3 Å². The van der Waals surface area contributed by atoms with Crippen LogP contribution in [0.3, 0.4) is 0 Å². The second-order valence-electron chi connectivity index (χ2n) is 3.03. The molecule has 0 radical (unpaired) electrons. The summed E-state index contributed by atoms with van der Waals surface area (Å²) in [5.41, 5.74) is 0. The summed E-state index contributed by atoms with van der Waals surface area (Å²) in [6.45, 7) is 3.71. The number of thiophene rings is 1. The number of carbonyl (C=O) groups is 1. The summed E-state index contributed by atoms with van der Waals surface area (Å²) in [6, 6.07) is 4.06. The van der Waals surface area contributed by atoms with Gasteiger partial charge in [0.05, 0.1) is 7.11 Å². The first-order valence-electron chi connectivity index (χ1n) is 4.68. The maximum atomic E-state index is 11.0. The van der Waals surface area contributed by atoms with E-state index in [1.54, 1.807) is 11.3 Å². The van der Waals surface area contributed by atoms with Crippen LogP contribution in [0.25, 0.3) is 0 Å². The van der Waals surface area contributed by atoms with Gasteiger partial charge in [-0.3, -0.25) is 0 Å². The van der Waals surface area contributed by atoms with Crippen LogP contribution in [-0.2, 0) is 9.53 Å². The zero-order valence-electron chi connectivity index (χ0n) is 8.68. The lowest BCUT2D eigenvalue weighted by molar-refractivity contribution is -0.134. The Bertz CT molecular complexity index is 339. The fraction of sp³-hybridized carbons (Fsp3) is 0.250. The molecule has 3 heteroatoms. The van der Waals surface area contributed by atoms with Crippen molar-refractivity contribution in [3.63, 3.8) is 0 Å². The predicted octanol–water partition coefficient (Wildman–Crippen LogP) is 3.14. The number of hydrogen-bond donors (Lipinski definition) is 0. The van der Waals surface area contributed by atoms with Crippen LogP contribution in [0.4, 0.5) is 0 Å². The molecule has 0 fully saturated rings. The van der Waals surface area contributed by atoms with Gasteiger partial charge in [0.15, 0.2) is 0 Å². The summed E-state index contributed by atoms with van der Waals surface area (Å²) in [5, 5.41) is 2.03. The van der Waals surface area contributed by atoms with E-state index >= 15 is 0 Å². The van der Waals surface area contributed by atoms with Crippen molar-refractivity contribution < 1.29 is 9.53 Å². The zero-order valence-corrected chi connectivity index (χ0v) is 9.50. The number of allylic oxidation sites excluding steroid dienone is 2. The normalized spacial score (nSPS) is 12.6. The molecule has 0 aromatic carbocycles. The second kappa shape index (κ2) is 6.19. The SMILES string of the molecule is C=CC[C@H](/C=C/C(=O)OC)c1cccs1. The highest BCUT2D eigenvalue weighted by Gasteiger charge is 2.07. The van der Waals surface area contributed by atoms with Crippen molar-refractivity contribution in [1.82, 2.24) is 0 Å². The molecule has 15 heavy (non-hydrogen) atoms. The van der Waals surface area contributed by atoms with Crippen molar-refractivity contribution in [3.05, 3.63) is 47.2 Å². The van der Waals surface area contributed by atoms with E-state index in [0.29, 0.717) is 0 Å². The van der Waals surface area contributed by atoms with Crippen molar-refractivity contribution in [2.24, 2.45) is 0 Å². The third kappa shape index (κ3) is 3.72. The van der Waals surface area contributed by atoms with Gasteiger partial charge in [0.1, 0.15) is 0 Å². The summed E-state index contributed by atoms with van der Waals surface area (Å²) >= 11 is 1.68. The Morgan fingerprint density at radius 1 is 1.73 bits per heavy atom. The van der Waals surface area contributed by atoms with Crippen LogP contribution >= 0.6 is 11.3 Å². The molecule has 0 unspecified atom stereocenters. The molecule has 0 aliphatic heterocycles. The lowest BCUT2D eigenvalue weighted by Gasteiger charge is -2.06. The summed E-state index contributed by atoms with van der Waals surface area (Å²) in [5.74, 6) is -0.0952. The Morgan fingerprint density at radius 2 is 2.53 bits per heavy atom. The van der Waals surface area contributed by atoms with Crippen LogP contribution < -0.4 is 0 Å². The molecule has 1 aromatic rings. The molecule has 0 saturated heterocycles. The number of esters is 1. The number of ether oxygens (including phenoxy) is 1. The van der Waals surface area contributed by atoms with Gasteiger partial charge in [-0.05, 0) is 17.9 Å². The molecule has 0 N–H and O–H groups in total. The molecule has 80 valence electrons. The highest BCUT2D eigenvalue weighted by Crippen LogP contribution is 2.25. The molecular weight excluding hydrogens is 208 g/mol. The molecule has 1 rings (SSSR count). The highest BCUT2D eigenvalue weighted by molar-refractivity contribution is 7.10. The molecule has 1 aromatic heterocycles. The van der Waals surface area contributed by atoms with Crippen molar-refractivity contribution in [3.8, 4) is 0 Å². The molecule has 0 aliphatic rings. The van der Waals surface area contributed by atoms with Gasteiger partial charge in [0, 0.05) is 16.9 Å². The fourth-order valence-corrected chi connectivity index (χ4v) is 2.06. The van der Waals surface area contributed by atoms with Crippen molar-refractivity contribution in [2.45, 2.75) is 12.3 Å². The minimum absolute atomic E-state index is 0.224. The third-order valence-electron chi connectivity index (χ3n) is 2.00. The average molecular weight is 222 g/mol. The lowest BCUT2D eigenvalue weighted by Crippen LogP contribution is -1.96. The first-order valence-corrected chi connectivity index (χ1v) is 5.56. The van der Waals surface area contributed by atoms with Crippen LogP contribution in [0.2, 0.25) is 0 Å². The minimum atomic E-state index is -0.319. The predicted molar refractivity (Wildman–Crippen MR) is 63.0 cm³/mol. The van der Waals surface area contributed by atoms with E-state index < -0.39 is 0 Å². The molecule has 1 heterocycles. The second-order valence-corrected chi connectivity index (χ2v) is 4.01. The minimum Gasteiger partial charge on any atom is -0.466 e. The highest BCUT2D eigenvalue weighted by atomic mass is 32.1. The number of methoxy groups -OCH3 is 1. The molecular formula is C12H14O2S. The van der Waals surface area contributed by atoms with Crippen molar-refractivity contribution in [2.75, 3.05) is 7.11 Å². The fourth-order valence-electron chi connectivity index (χ4n) is 1.23. The van der Waals surface area contributed by atoms with Crippen LogP contribution in [0.5, 0.6) is 0 Å². The van der Waals surface area contributed by atoms with E-state index in [2.05, 4.69) is 17.4 Å². The topological polar surface area (TPSA) is 26.3 Å². The average Bonchev–Trinajstić information content (AvgIpc) is 2.76. The molecule has 0 aliphatic carbocycles. The van der Waals surface area contributed by atoms with Crippen molar-refractivity contribution in [1.29, 1.82) is 0 Å². The molecule has 0 saturated carbocycles. The Morgan fingerprint density at radius 3 is 3.07 bits per heavy atom. The van der Waals surface area contributed by atoms with E-state index in [0.717, 1.165) is 6.42 Å².